The fourth-order valence-corrected chi connectivity index (χ4v) is 4.34. The number of nitriles is 1. The van der Waals surface area contributed by atoms with Crippen LogP contribution in [0.3, 0.4) is 0 Å². The van der Waals surface area contributed by atoms with Gasteiger partial charge in [0.1, 0.15) is 12.7 Å². The van der Waals surface area contributed by atoms with Gasteiger partial charge in [-0.25, -0.2) is 4.79 Å². The van der Waals surface area contributed by atoms with Crippen LogP contribution < -0.4 is 5.73 Å². The number of aliphatic hydroxyl groups excluding tert-OH is 1. The Hall–Kier alpha value is -3.82. The molecule has 3 aromatic carbocycles. The van der Waals surface area contributed by atoms with Crippen molar-refractivity contribution in [1.82, 2.24) is 4.90 Å². The van der Waals surface area contributed by atoms with Gasteiger partial charge in [0.2, 0.25) is 0 Å². The maximum absolute atomic E-state index is 13.0. The third kappa shape index (κ3) is 4.41. The van der Waals surface area contributed by atoms with Crippen LogP contribution >= 0.6 is 0 Å². The number of nitrogen functional groups attached to an aromatic ring is 1. The number of aliphatic hydroxyl groups is 1. The van der Waals surface area contributed by atoms with E-state index in [1.54, 1.807) is 18.2 Å². The number of nitrogens with two attached hydrogens (primary N) is 1. The molecule has 6 heteroatoms. The van der Waals surface area contributed by atoms with Crippen LogP contribution in [0, 0.1) is 11.3 Å². The average molecular weight is 442 g/mol. The minimum Gasteiger partial charge on any atom is -0.448 e. The lowest BCUT2D eigenvalue weighted by Gasteiger charge is -2.29. The second-order valence-corrected chi connectivity index (χ2v) is 8.52. The van der Waals surface area contributed by atoms with Crippen molar-refractivity contribution < 1.29 is 14.6 Å². The Balaban J connectivity index is 1.48. The highest BCUT2D eigenvalue weighted by Crippen LogP contribution is 2.44. The van der Waals surface area contributed by atoms with Gasteiger partial charge in [-0.1, -0.05) is 54.6 Å². The highest BCUT2D eigenvalue weighted by molar-refractivity contribution is 5.79. The van der Waals surface area contributed by atoms with Gasteiger partial charge in [0, 0.05) is 17.6 Å². The molecule has 0 aliphatic heterocycles. The first-order valence-electron chi connectivity index (χ1n) is 11.0. The summed E-state index contributed by atoms with van der Waals surface area (Å²) >= 11 is 0. The third-order valence-electron chi connectivity index (χ3n) is 6.15. The number of rotatable bonds is 6. The van der Waals surface area contributed by atoms with Crippen molar-refractivity contribution in [3.63, 3.8) is 0 Å². The summed E-state index contributed by atoms with van der Waals surface area (Å²) < 4.78 is 5.77. The van der Waals surface area contributed by atoms with E-state index in [9.17, 15) is 15.2 Å². The highest BCUT2D eigenvalue weighted by atomic mass is 16.6. The second-order valence-electron chi connectivity index (χ2n) is 8.52. The number of hydrogen-bond acceptors (Lipinski definition) is 5. The average Bonchev–Trinajstić information content (AvgIpc) is 3.14. The molecule has 4 rings (SSSR count). The zero-order chi connectivity index (χ0) is 23.5. The molecule has 1 aliphatic carbocycles. The number of benzene rings is 3. The predicted molar refractivity (Wildman–Crippen MR) is 127 cm³/mol. The molecule has 1 aliphatic rings. The van der Waals surface area contributed by atoms with E-state index in [1.807, 2.05) is 44.2 Å². The first-order chi connectivity index (χ1) is 15.9. The molecule has 168 valence electrons. The molecule has 3 aromatic rings. The van der Waals surface area contributed by atoms with Crippen LogP contribution in [0.15, 0.2) is 66.7 Å². The molecule has 33 heavy (non-hydrogen) atoms. The summed E-state index contributed by atoms with van der Waals surface area (Å²) in [6, 6.07) is 23.0. The van der Waals surface area contributed by atoms with Gasteiger partial charge in [-0.2, -0.15) is 5.26 Å². The van der Waals surface area contributed by atoms with E-state index in [-0.39, 0.29) is 25.1 Å². The van der Waals surface area contributed by atoms with Gasteiger partial charge in [-0.3, -0.25) is 0 Å². The molecule has 3 N–H and O–H groups in total. The van der Waals surface area contributed by atoms with Gasteiger partial charge >= 0.3 is 6.09 Å². The lowest BCUT2D eigenvalue weighted by molar-refractivity contribution is 0.0594. The molecule has 0 bridgehead atoms. The normalized spacial score (nSPS) is 13.2. The second kappa shape index (κ2) is 9.35. The van der Waals surface area contributed by atoms with Crippen molar-refractivity contribution in [3.8, 4) is 17.2 Å². The molecule has 0 saturated heterocycles. The quantitative estimate of drug-likeness (QED) is 0.534. The molecule has 6 nitrogen and oxygen atoms in total. The number of ether oxygens (including phenoxy) is 1. The Morgan fingerprint density at radius 3 is 2.27 bits per heavy atom. The number of carbonyl (C=O) groups excluding carboxylic acids is 1. The summed E-state index contributed by atoms with van der Waals surface area (Å²) in [5.41, 5.74) is 11.6. The monoisotopic (exact) mass is 441 g/mol. The van der Waals surface area contributed by atoms with Crippen molar-refractivity contribution >= 4 is 11.8 Å². The van der Waals surface area contributed by atoms with Crippen molar-refractivity contribution in [3.05, 3.63) is 89.0 Å². The van der Waals surface area contributed by atoms with Crippen molar-refractivity contribution in [2.24, 2.45) is 0 Å². The fraction of sp³-hybridized carbons (Fsp3) is 0.259. The van der Waals surface area contributed by atoms with Crippen molar-refractivity contribution in [2.45, 2.75) is 31.9 Å². The zero-order valence-corrected chi connectivity index (χ0v) is 18.7. The van der Waals surface area contributed by atoms with Crippen LogP contribution in [0.4, 0.5) is 10.5 Å². The van der Waals surface area contributed by atoms with E-state index < -0.39 is 12.2 Å². The van der Waals surface area contributed by atoms with Gasteiger partial charge in [0.05, 0.1) is 18.2 Å². The number of amides is 1. The fourth-order valence-electron chi connectivity index (χ4n) is 4.34. The summed E-state index contributed by atoms with van der Waals surface area (Å²) in [7, 11) is 0. The topological polar surface area (TPSA) is 99.6 Å². The largest absolute Gasteiger partial charge is 0.448 e. The number of nitrogens with zero attached hydrogens (tertiary/aromatic N) is 2. The molecule has 0 saturated carbocycles. The van der Waals surface area contributed by atoms with Crippen molar-refractivity contribution in [2.75, 3.05) is 18.9 Å². The van der Waals surface area contributed by atoms with E-state index in [2.05, 4.69) is 24.3 Å². The molecular weight excluding hydrogens is 414 g/mol. The number of fused-ring (bicyclic) bond motifs is 3. The SMILES string of the molecule is CC(C)N(CC(O)c1ccc(N)c(C#N)c1)C(=O)OCC1c2ccccc2-c2ccccc21. The van der Waals surface area contributed by atoms with E-state index >= 15 is 0 Å². The Morgan fingerprint density at radius 2 is 1.70 bits per heavy atom. The standard InChI is InChI=1S/C27H27N3O3/c1-17(2)30(15-26(31)18-11-12-25(29)19(13-18)14-28)27(32)33-16-24-22-9-5-3-7-20(22)21-8-4-6-10-23(21)24/h3-13,17,24,26,31H,15-16,29H2,1-2H3. The van der Waals surface area contributed by atoms with E-state index in [1.165, 1.54) is 16.0 Å². The molecule has 1 unspecified atom stereocenters. The minimum absolute atomic E-state index is 0.0319. The molecule has 1 amide bonds. The van der Waals surface area contributed by atoms with Crippen molar-refractivity contribution in [1.29, 1.82) is 5.26 Å². The van der Waals surface area contributed by atoms with Gasteiger partial charge in [-0.05, 0) is 53.8 Å². The van der Waals surface area contributed by atoms with Crippen LogP contribution in [-0.4, -0.2) is 35.3 Å². The Labute approximate surface area is 193 Å². The van der Waals surface area contributed by atoms with Crippen LogP contribution in [0.2, 0.25) is 0 Å². The lowest BCUT2D eigenvalue weighted by Crippen LogP contribution is -2.40. The molecule has 0 fully saturated rings. The number of anilines is 1. The van der Waals surface area contributed by atoms with Crippen LogP contribution in [0.1, 0.15) is 48.1 Å². The van der Waals surface area contributed by atoms with E-state index in [0.29, 0.717) is 16.8 Å². The highest BCUT2D eigenvalue weighted by Gasteiger charge is 2.30. The zero-order valence-electron chi connectivity index (χ0n) is 18.7. The van der Waals surface area contributed by atoms with E-state index in [4.69, 9.17) is 10.5 Å². The molecule has 0 radical (unpaired) electrons. The van der Waals surface area contributed by atoms with Gasteiger partial charge in [0.15, 0.2) is 0 Å². The first-order valence-corrected chi connectivity index (χ1v) is 11.0. The summed E-state index contributed by atoms with van der Waals surface area (Å²) in [5.74, 6) is -0.0319. The molecule has 0 spiro atoms. The van der Waals surface area contributed by atoms with Crippen LogP contribution in [0.25, 0.3) is 11.1 Å². The Morgan fingerprint density at radius 1 is 1.09 bits per heavy atom. The molecule has 0 heterocycles. The van der Waals surface area contributed by atoms with Crippen LogP contribution in [-0.2, 0) is 4.74 Å². The van der Waals surface area contributed by atoms with Gasteiger partial charge in [0.25, 0.3) is 0 Å². The summed E-state index contributed by atoms with van der Waals surface area (Å²) in [4.78, 5) is 14.5. The lowest BCUT2D eigenvalue weighted by atomic mass is 9.98. The summed E-state index contributed by atoms with van der Waals surface area (Å²) in [5, 5.41) is 19.9. The molecular formula is C27H27N3O3. The molecule has 1 atom stereocenters. The molecule has 0 aromatic heterocycles. The maximum Gasteiger partial charge on any atom is 0.410 e. The van der Waals surface area contributed by atoms with Gasteiger partial charge < -0.3 is 20.5 Å². The number of carbonyl (C=O) groups is 1. The van der Waals surface area contributed by atoms with E-state index in [0.717, 1.165) is 11.1 Å². The Bertz CT molecular complexity index is 1170. The Kier molecular flexibility index (Phi) is 6.34. The van der Waals surface area contributed by atoms with Gasteiger partial charge in [-0.15, -0.1) is 0 Å². The number of hydrogen-bond donors (Lipinski definition) is 2. The first kappa shape index (κ1) is 22.4. The third-order valence-corrected chi connectivity index (χ3v) is 6.15. The minimum atomic E-state index is -0.972. The summed E-state index contributed by atoms with van der Waals surface area (Å²) in [6.07, 6.45) is -1.46. The van der Waals surface area contributed by atoms with Crippen LogP contribution in [0.5, 0.6) is 0 Å². The summed E-state index contributed by atoms with van der Waals surface area (Å²) in [6.45, 7) is 4.01. The maximum atomic E-state index is 13.0. The smallest absolute Gasteiger partial charge is 0.410 e. The predicted octanol–water partition coefficient (Wildman–Crippen LogP) is 4.83.